The number of nitrogens with one attached hydrogen (secondary N) is 3. The van der Waals surface area contributed by atoms with Gasteiger partial charge in [0.05, 0.1) is 0 Å². The number of carboxylic acids is 1. The van der Waals surface area contributed by atoms with Crippen molar-refractivity contribution in [1.82, 2.24) is 20.6 Å². The molecule has 0 fully saturated rings. The quantitative estimate of drug-likeness (QED) is 0.554. The van der Waals surface area contributed by atoms with Gasteiger partial charge < -0.3 is 20.7 Å². The van der Waals surface area contributed by atoms with Gasteiger partial charge >= 0.3 is 12.0 Å². The Morgan fingerprint density at radius 2 is 2.38 bits per heavy atom. The maximum absolute atomic E-state index is 11.2. The van der Waals surface area contributed by atoms with Crippen LogP contribution in [0.1, 0.15) is 12.7 Å². The van der Waals surface area contributed by atoms with Crippen LogP contribution in [0.3, 0.4) is 0 Å². The predicted molar refractivity (Wildman–Crippen MR) is 55.9 cm³/mol. The summed E-state index contributed by atoms with van der Waals surface area (Å²) in [6.07, 6.45) is 3.89. The molecule has 1 aromatic rings. The van der Waals surface area contributed by atoms with Gasteiger partial charge in [-0.15, -0.1) is 0 Å². The van der Waals surface area contributed by atoms with E-state index in [1.807, 2.05) is 0 Å². The molecule has 0 radical (unpaired) electrons. The molecule has 4 N–H and O–H groups in total. The molecule has 0 aliphatic heterocycles. The zero-order valence-corrected chi connectivity index (χ0v) is 8.86. The number of aliphatic carboxylic acids is 1. The van der Waals surface area contributed by atoms with Gasteiger partial charge in [0, 0.05) is 25.4 Å². The summed E-state index contributed by atoms with van der Waals surface area (Å²) in [6.45, 7) is 1.79. The molecule has 1 rings (SSSR count). The van der Waals surface area contributed by atoms with E-state index in [0.717, 1.165) is 5.82 Å². The van der Waals surface area contributed by atoms with Crippen molar-refractivity contribution in [3.63, 3.8) is 0 Å². The van der Waals surface area contributed by atoms with Crippen LogP contribution in [0, 0.1) is 0 Å². The summed E-state index contributed by atoms with van der Waals surface area (Å²) in [4.78, 5) is 28.5. The molecular formula is C9H14N4O3. The molecule has 88 valence electrons. The van der Waals surface area contributed by atoms with Crippen molar-refractivity contribution < 1.29 is 14.7 Å². The zero-order chi connectivity index (χ0) is 12.0. The van der Waals surface area contributed by atoms with Gasteiger partial charge in [-0.1, -0.05) is 0 Å². The predicted octanol–water partition coefficient (Wildman–Crippen LogP) is -0.275. The van der Waals surface area contributed by atoms with Crippen LogP contribution >= 0.6 is 0 Å². The molecule has 1 unspecified atom stereocenters. The fourth-order valence-electron chi connectivity index (χ4n) is 1.04. The maximum Gasteiger partial charge on any atom is 0.325 e. The zero-order valence-electron chi connectivity index (χ0n) is 8.86. The third kappa shape index (κ3) is 3.99. The summed E-state index contributed by atoms with van der Waals surface area (Å²) in [5, 5.41) is 13.4. The van der Waals surface area contributed by atoms with E-state index >= 15 is 0 Å². The molecule has 0 aliphatic carbocycles. The lowest BCUT2D eigenvalue weighted by Crippen LogP contribution is -2.44. The number of H-pyrrole nitrogens is 1. The average molecular weight is 226 g/mol. The Morgan fingerprint density at radius 1 is 1.62 bits per heavy atom. The smallest absolute Gasteiger partial charge is 0.325 e. The second-order valence-electron chi connectivity index (χ2n) is 3.25. The molecule has 2 amide bonds. The lowest BCUT2D eigenvalue weighted by molar-refractivity contribution is -0.138. The van der Waals surface area contributed by atoms with Gasteiger partial charge in [0.25, 0.3) is 0 Å². The number of carbonyl (C=O) groups is 2. The Bertz CT molecular complexity index is 350. The fourth-order valence-corrected chi connectivity index (χ4v) is 1.04. The number of urea groups is 1. The van der Waals surface area contributed by atoms with Crippen LogP contribution in [0.5, 0.6) is 0 Å². The Hall–Kier alpha value is -2.05. The van der Waals surface area contributed by atoms with Crippen molar-refractivity contribution >= 4 is 12.0 Å². The van der Waals surface area contributed by atoms with Crippen molar-refractivity contribution in [2.45, 2.75) is 19.4 Å². The Labute approximate surface area is 92.3 Å². The second kappa shape index (κ2) is 5.74. The second-order valence-corrected chi connectivity index (χ2v) is 3.25. The van der Waals surface area contributed by atoms with Crippen molar-refractivity contribution in [1.29, 1.82) is 0 Å². The molecule has 0 bridgehead atoms. The number of imidazole rings is 1. The summed E-state index contributed by atoms with van der Waals surface area (Å²) in [5.74, 6) is -0.298. The molecule has 0 spiro atoms. The lowest BCUT2D eigenvalue weighted by Gasteiger charge is -2.09. The summed E-state index contributed by atoms with van der Waals surface area (Å²) >= 11 is 0. The minimum Gasteiger partial charge on any atom is -0.480 e. The van der Waals surface area contributed by atoms with Crippen LogP contribution in [0.2, 0.25) is 0 Å². The lowest BCUT2D eigenvalue weighted by atomic mass is 10.3. The van der Waals surface area contributed by atoms with Crippen LogP contribution in [0.15, 0.2) is 12.4 Å². The maximum atomic E-state index is 11.2. The highest BCUT2D eigenvalue weighted by molar-refractivity contribution is 5.82. The van der Waals surface area contributed by atoms with E-state index in [4.69, 9.17) is 5.11 Å². The molecule has 0 saturated carbocycles. The number of hydrogen-bond donors (Lipinski definition) is 4. The number of rotatable bonds is 5. The van der Waals surface area contributed by atoms with Gasteiger partial charge in [-0.3, -0.25) is 4.79 Å². The molecule has 1 atom stereocenters. The summed E-state index contributed by atoms with van der Waals surface area (Å²) in [5.41, 5.74) is 0. The van der Waals surface area contributed by atoms with Crippen molar-refractivity contribution in [2.24, 2.45) is 0 Å². The minimum absolute atomic E-state index is 0.395. The van der Waals surface area contributed by atoms with Crippen LogP contribution in [0.4, 0.5) is 4.79 Å². The van der Waals surface area contributed by atoms with E-state index < -0.39 is 18.0 Å². The van der Waals surface area contributed by atoms with Crippen LogP contribution < -0.4 is 10.6 Å². The Kier molecular flexibility index (Phi) is 4.31. The van der Waals surface area contributed by atoms with Gasteiger partial charge in [-0.2, -0.15) is 0 Å². The van der Waals surface area contributed by atoms with E-state index in [-0.39, 0.29) is 0 Å². The van der Waals surface area contributed by atoms with E-state index in [1.165, 1.54) is 6.92 Å². The minimum atomic E-state index is -1.07. The highest BCUT2D eigenvalue weighted by Gasteiger charge is 2.12. The van der Waals surface area contributed by atoms with Crippen molar-refractivity contribution in [3.05, 3.63) is 18.2 Å². The van der Waals surface area contributed by atoms with Gasteiger partial charge in [0.15, 0.2) is 0 Å². The topological polar surface area (TPSA) is 107 Å². The number of aromatic amines is 1. The van der Waals surface area contributed by atoms with E-state index in [9.17, 15) is 9.59 Å². The molecule has 0 saturated heterocycles. The SMILES string of the molecule is CC(NC(=O)NCCc1ncc[nH]1)C(=O)O. The van der Waals surface area contributed by atoms with Gasteiger partial charge in [-0.05, 0) is 6.92 Å². The monoisotopic (exact) mass is 226 g/mol. The van der Waals surface area contributed by atoms with Gasteiger partial charge in [0.1, 0.15) is 11.9 Å². The summed E-state index contributed by atoms with van der Waals surface area (Å²) < 4.78 is 0. The molecule has 1 heterocycles. The van der Waals surface area contributed by atoms with E-state index in [1.54, 1.807) is 12.4 Å². The van der Waals surface area contributed by atoms with E-state index in [0.29, 0.717) is 13.0 Å². The van der Waals surface area contributed by atoms with E-state index in [2.05, 4.69) is 20.6 Å². The highest BCUT2D eigenvalue weighted by Crippen LogP contribution is 1.88. The van der Waals surface area contributed by atoms with Gasteiger partial charge in [-0.25, -0.2) is 9.78 Å². The average Bonchev–Trinajstić information content (AvgIpc) is 2.70. The molecule has 7 heteroatoms. The number of carbonyl (C=O) groups excluding carboxylic acids is 1. The number of carboxylic acid groups (broad SMARTS) is 1. The van der Waals surface area contributed by atoms with Crippen LogP contribution in [0.25, 0.3) is 0 Å². The standard InChI is InChI=1S/C9H14N4O3/c1-6(8(14)15)13-9(16)12-3-2-7-10-4-5-11-7/h4-6H,2-3H2,1H3,(H,10,11)(H,14,15)(H2,12,13,16). The first-order valence-electron chi connectivity index (χ1n) is 4.85. The summed E-state index contributed by atoms with van der Waals surface area (Å²) in [7, 11) is 0. The molecule has 0 aromatic carbocycles. The molecule has 7 nitrogen and oxygen atoms in total. The third-order valence-corrected chi connectivity index (χ3v) is 1.92. The van der Waals surface area contributed by atoms with Gasteiger partial charge in [0.2, 0.25) is 0 Å². The largest absolute Gasteiger partial charge is 0.480 e. The van der Waals surface area contributed by atoms with Crippen molar-refractivity contribution in [3.8, 4) is 0 Å². The number of hydrogen-bond acceptors (Lipinski definition) is 3. The summed E-state index contributed by atoms with van der Waals surface area (Å²) in [6, 6.07) is -1.40. The first kappa shape index (κ1) is 12.0. The number of amides is 2. The number of aromatic nitrogens is 2. The normalized spacial score (nSPS) is 11.8. The Balaban J connectivity index is 2.18. The first-order chi connectivity index (χ1) is 7.59. The number of nitrogens with zero attached hydrogens (tertiary/aromatic N) is 1. The molecule has 16 heavy (non-hydrogen) atoms. The first-order valence-corrected chi connectivity index (χ1v) is 4.85. The Morgan fingerprint density at radius 3 is 2.94 bits per heavy atom. The molecule has 0 aliphatic rings. The molecule has 1 aromatic heterocycles. The fraction of sp³-hybridized carbons (Fsp3) is 0.444. The third-order valence-electron chi connectivity index (χ3n) is 1.92. The highest BCUT2D eigenvalue weighted by atomic mass is 16.4. The van der Waals surface area contributed by atoms with Crippen LogP contribution in [-0.4, -0.2) is 39.7 Å². The van der Waals surface area contributed by atoms with Crippen LogP contribution in [-0.2, 0) is 11.2 Å². The molecular weight excluding hydrogens is 212 g/mol. The van der Waals surface area contributed by atoms with Crippen molar-refractivity contribution in [2.75, 3.05) is 6.54 Å².